The Morgan fingerprint density at radius 3 is 1.96 bits per heavy atom. The van der Waals surface area contributed by atoms with Gasteiger partial charge in [-0.2, -0.15) is 0 Å². The van der Waals surface area contributed by atoms with Crippen molar-refractivity contribution in [3.8, 4) is 0 Å². The highest BCUT2D eigenvalue weighted by molar-refractivity contribution is 5.80. The number of carboxylic acid groups (broad SMARTS) is 2. The Morgan fingerprint density at radius 2 is 1.46 bits per heavy atom. The lowest BCUT2D eigenvalue weighted by molar-refractivity contribution is -0.257. The number of aliphatic carboxylic acids is 2. The predicted octanol–water partition coefficient (Wildman–Crippen LogP) is -1.14. The van der Waals surface area contributed by atoms with Crippen LogP contribution in [0.15, 0.2) is 0 Å². The molecule has 6 N–H and O–H groups in total. The Balaban J connectivity index is 3.55. The van der Waals surface area contributed by atoms with E-state index in [1.165, 1.54) is 0 Å². The minimum absolute atomic E-state index is 0.0543. The molecule has 154 valence electrons. The van der Waals surface area contributed by atoms with Crippen molar-refractivity contribution < 1.29 is 49.6 Å². The van der Waals surface area contributed by atoms with E-state index < -0.39 is 24.4 Å². The summed E-state index contributed by atoms with van der Waals surface area (Å²) in [5, 5.41) is 39.8. The highest BCUT2D eigenvalue weighted by atomic mass is 17.1. The van der Waals surface area contributed by atoms with E-state index in [4.69, 9.17) is 30.2 Å². The van der Waals surface area contributed by atoms with Crippen LogP contribution in [0.2, 0.25) is 0 Å². The molecule has 0 bridgehead atoms. The van der Waals surface area contributed by atoms with Crippen LogP contribution in [0.1, 0.15) is 12.8 Å². The second kappa shape index (κ2) is 17.1. The average Bonchev–Trinajstić information content (AvgIpc) is 2.59. The van der Waals surface area contributed by atoms with E-state index in [0.29, 0.717) is 32.8 Å². The number of nitrogens with one attached hydrogen (secondary N) is 2. The van der Waals surface area contributed by atoms with Crippen molar-refractivity contribution in [3.05, 3.63) is 0 Å². The van der Waals surface area contributed by atoms with Crippen LogP contribution in [0.25, 0.3) is 0 Å². The lowest BCUT2D eigenvalue weighted by Gasteiger charge is -2.16. The molecule has 2 unspecified atom stereocenters. The molecule has 12 nitrogen and oxygen atoms in total. The minimum Gasteiger partial charge on any atom is -0.481 e. The van der Waals surface area contributed by atoms with Crippen LogP contribution in [0, 0.1) is 0 Å². The SMILES string of the molecule is O=C(O)CC(NCCOCCOCCNC(CCOO)COO)C(=O)O. The number of carboxylic acids is 2. The molecule has 0 aromatic heterocycles. The van der Waals surface area contributed by atoms with Gasteiger partial charge in [0.25, 0.3) is 0 Å². The van der Waals surface area contributed by atoms with E-state index >= 15 is 0 Å². The summed E-state index contributed by atoms with van der Waals surface area (Å²) in [5.74, 6) is -2.41. The van der Waals surface area contributed by atoms with E-state index in [-0.39, 0.29) is 32.4 Å². The van der Waals surface area contributed by atoms with Crippen molar-refractivity contribution in [1.82, 2.24) is 10.6 Å². The largest absolute Gasteiger partial charge is 0.481 e. The van der Waals surface area contributed by atoms with Crippen molar-refractivity contribution in [2.45, 2.75) is 24.9 Å². The van der Waals surface area contributed by atoms with Gasteiger partial charge in [0.1, 0.15) is 6.04 Å². The summed E-state index contributed by atoms with van der Waals surface area (Å²) in [6.07, 6.45) is -0.0510. The first kappa shape index (κ1) is 24.6. The molecule has 26 heavy (non-hydrogen) atoms. The first-order chi connectivity index (χ1) is 12.5. The smallest absolute Gasteiger partial charge is 0.321 e. The van der Waals surface area contributed by atoms with Crippen molar-refractivity contribution in [2.24, 2.45) is 0 Å². The fraction of sp³-hybridized carbons (Fsp3) is 0.857. The number of carbonyl (C=O) groups is 2. The quantitative estimate of drug-likeness (QED) is 0.0898. The summed E-state index contributed by atoms with van der Waals surface area (Å²) in [7, 11) is 0. The number of rotatable bonds is 19. The first-order valence-electron chi connectivity index (χ1n) is 8.10. The summed E-state index contributed by atoms with van der Waals surface area (Å²) < 4.78 is 10.6. The molecule has 0 aliphatic heterocycles. The van der Waals surface area contributed by atoms with Crippen LogP contribution >= 0.6 is 0 Å². The van der Waals surface area contributed by atoms with Gasteiger partial charge in [-0.15, -0.1) is 0 Å². The van der Waals surface area contributed by atoms with E-state index in [1.807, 2.05) is 0 Å². The van der Waals surface area contributed by atoms with Gasteiger partial charge in [-0.25, -0.2) is 9.78 Å². The molecule has 0 spiro atoms. The Hall–Kier alpha value is -1.38. The molecule has 0 radical (unpaired) electrons. The van der Waals surface area contributed by atoms with E-state index in [9.17, 15) is 9.59 Å². The zero-order valence-corrected chi connectivity index (χ0v) is 14.5. The van der Waals surface area contributed by atoms with Crippen molar-refractivity contribution in [1.29, 1.82) is 0 Å². The lowest BCUT2D eigenvalue weighted by Crippen LogP contribution is -2.40. The maximum atomic E-state index is 10.8. The molecule has 0 aromatic rings. The van der Waals surface area contributed by atoms with Crippen molar-refractivity contribution in [2.75, 3.05) is 52.7 Å². The first-order valence-corrected chi connectivity index (χ1v) is 8.10. The van der Waals surface area contributed by atoms with Crippen LogP contribution in [0.5, 0.6) is 0 Å². The van der Waals surface area contributed by atoms with Crippen LogP contribution < -0.4 is 10.6 Å². The molecular weight excluding hydrogens is 356 g/mol. The molecule has 0 heterocycles. The minimum atomic E-state index is -1.22. The predicted molar refractivity (Wildman–Crippen MR) is 86.9 cm³/mol. The second-order valence-corrected chi connectivity index (χ2v) is 5.24. The third-order valence-electron chi connectivity index (χ3n) is 3.20. The van der Waals surface area contributed by atoms with Gasteiger partial charge in [-0.3, -0.25) is 20.1 Å². The summed E-state index contributed by atoms with van der Waals surface area (Å²) in [6, 6.07) is -1.34. The molecule has 0 amide bonds. The monoisotopic (exact) mass is 384 g/mol. The molecule has 0 aromatic carbocycles. The van der Waals surface area contributed by atoms with E-state index in [1.54, 1.807) is 0 Å². The number of ether oxygens (including phenoxy) is 2. The molecule has 0 aliphatic rings. The molecule has 0 saturated heterocycles. The molecule has 0 rings (SSSR count). The summed E-state index contributed by atoms with van der Waals surface area (Å²) in [4.78, 5) is 29.3. The zero-order valence-electron chi connectivity index (χ0n) is 14.5. The molecule has 12 heteroatoms. The lowest BCUT2D eigenvalue weighted by atomic mass is 10.2. The molecule has 0 fully saturated rings. The van der Waals surface area contributed by atoms with Crippen LogP contribution in [0.4, 0.5) is 0 Å². The van der Waals surface area contributed by atoms with Gasteiger partial charge in [0, 0.05) is 19.1 Å². The van der Waals surface area contributed by atoms with E-state index in [2.05, 4.69) is 20.4 Å². The average molecular weight is 384 g/mol. The standard InChI is InChI=1S/C14H28N2O10/c17-13(18)9-12(14(19)20)16-3-6-24-8-7-23-5-2-15-11(10-26-22)1-4-25-21/h11-12,15-16,21-22H,1-10H2,(H,17,18)(H,19,20). The van der Waals surface area contributed by atoms with Gasteiger partial charge in [0.15, 0.2) is 0 Å². The van der Waals surface area contributed by atoms with Gasteiger partial charge in [-0.1, -0.05) is 0 Å². The summed E-state index contributed by atoms with van der Waals surface area (Å²) in [5.41, 5.74) is 0. The third kappa shape index (κ3) is 14.9. The van der Waals surface area contributed by atoms with Gasteiger partial charge in [0.05, 0.1) is 46.1 Å². The third-order valence-corrected chi connectivity index (χ3v) is 3.20. The van der Waals surface area contributed by atoms with Crippen molar-refractivity contribution in [3.63, 3.8) is 0 Å². The second-order valence-electron chi connectivity index (χ2n) is 5.24. The highest BCUT2D eigenvalue weighted by Crippen LogP contribution is 1.94. The Labute approximate surface area is 150 Å². The van der Waals surface area contributed by atoms with Gasteiger partial charge < -0.3 is 30.3 Å². The topological polar surface area (TPSA) is 176 Å². The zero-order chi connectivity index (χ0) is 19.6. The Morgan fingerprint density at radius 1 is 0.846 bits per heavy atom. The summed E-state index contributed by atoms with van der Waals surface area (Å²) in [6.45, 7) is 2.13. The van der Waals surface area contributed by atoms with Gasteiger partial charge in [0.2, 0.25) is 0 Å². The Kier molecular flexibility index (Phi) is 16.1. The molecule has 0 aliphatic carbocycles. The summed E-state index contributed by atoms with van der Waals surface area (Å²) >= 11 is 0. The Bertz CT molecular complexity index is 372. The van der Waals surface area contributed by atoms with Crippen molar-refractivity contribution >= 4 is 11.9 Å². The molecule has 2 atom stereocenters. The van der Waals surface area contributed by atoms with Crippen LogP contribution in [-0.2, 0) is 28.8 Å². The number of hydrogen-bond donors (Lipinski definition) is 6. The maximum Gasteiger partial charge on any atom is 0.321 e. The van der Waals surface area contributed by atoms with Gasteiger partial charge >= 0.3 is 11.9 Å². The fourth-order valence-electron chi connectivity index (χ4n) is 1.91. The van der Waals surface area contributed by atoms with E-state index in [0.717, 1.165) is 0 Å². The molecule has 0 saturated carbocycles. The fourth-order valence-corrected chi connectivity index (χ4v) is 1.91. The molecular formula is C14H28N2O10. The van der Waals surface area contributed by atoms with Gasteiger partial charge in [-0.05, 0) is 6.42 Å². The highest BCUT2D eigenvalue weighted by Gasteiger charge is 2.19. The number of hydrogen-bond acceptors (Lipinski definition) is 10. The normalized spacial score (nSPS) is 13.5. The maximum absolute atomic E-state index is 10.8. The van der Waals surface area contributed by atoms with Crippen LogP contribution in [0.3, 0.4) is 0 Å². The van der Waals surface area contributed by atoms with Crippen LogP contribution in [-0.4, -0.2) is 97.5 Å².